The van der Waals surface area contributed by atoms with E-state index in [0.717, 1.165) is 0 Å². The molecule has 0 aliphatic carbocycles. The van der Waals surface area contributed by atoms with E-state index < -0.39 is 11.9 Å². The van der Waals surface area contributed by atoms with Crippen LogP contribution in [-0.4, -0.2) is 11.9 Å². The summed E-state index contributed by atoms with van der Waals surface area (Å²) in [4.78, 5) is 21.9. The normalized spacial score (nSPS) is 14.4. The molecule has 1 aliphatic heterocycles. The molecule has 0 amide bonds. The molecule has 1 heterocycles. The van der Waals surface area contributed by atoms with Gasteiger partial charge in [0.05, 0.1) is 16.1 Å². The summed E-state index contributed by atoms with van der Waals surface area (Å²) in [6.07, 6.45) is 0. The van der Waals surface area contributed by atoms with Gasteiger partial charge in [-0.25, -0.2) is 9.59 Å². The van der Waals surface area contributed by atoms with E-state index in [2.05, 4.69) is 4.74 Å². The monoisotopic (exact) mass is 182 g/mol. The van der Waals surface area contributed by atoms with Crippen LogP contribution in [0.2, 0.25) is 5.02 Å². The number of esters is 2. The maximum Gasteiger partial charge on any atom is 0.347 e. The summed E-state index contributed by atoms with van der Waals surface area (Å²) in [7, 11) is 0. The average molecular weight is 183 g/mol. The Morgan fingerprint density at radius 3 is 2.67 bits per heavy atom. The van der Waals surface area contributed by atoms with Crippen molar-refractivity contribution in [2.24, 2.45) is 0 Å². The van der Waals surface area contributed by atoms with Crippen LogP contribution >= 0.6 is 11.6 Å². The molecular weight excluding hydrogens is 180 g/mol. The number of carbonyl (C=O) groups excluding carboxylic acids is 2. The van der Waals surface area contributed by atoms with E-state index in [4.69, 9.17) is 11.6 Å². The molecule has 12 heavy (non-hydrogen) atoms. The van der Waals surface area contributed by atoms with Crippen LogP contribution in [0.3, 0.4) is 0 Å². The number of fused-ring (bicyclic) bond motifs is 2. The van der Waals surface area contributed by atoms with Crippen molar-refractivity contribution in [2.45, 2.75) is 0 Å². The molecule has 0 saturated heterocycles. The highest BCUT2D eigenvalue weighted by Crippen LogP contribution is 2.23. The maximum absolute atomic E-state index is 11.0. The summed E-state index contributed by atoms with van der Waals surface area (Å²) in [6.45, 7) is 0. The lowest BCUT2D eigenvalue weighted by molar-refractivity contribution is 0.0385. The topological polar surface area (TPSA) is 43.4 Å². The van der Waals surface area contributed by atoms with E-state index in [-0.39, 0.29) is 5.56 Å². The Bertz CT molecular complexity index is 384. The SMILES string of the molecule is O=C1OC(=O)c2cc1ccc2Cl. The largest absolute Gasteiger partial charge is 0.386 e. The highest BCUT2D eigenvalue weighted by molar-refractivity contribution is 6.34. The number of cyclic esters (lactones) is 2. The molecule has 1 aliphatic rings. The molecule has 0 saturated carbocycles. The summed E-state index contributed by atoms with van der Waals surface area (Å²) < 4.78 is 4.38. The van der Waals surface area contributed by atoms with Crippen molar-refractivity contribution in [1.29, 1.82) is 0 Å². The first kappa shape index (κ1) is 7.31. The summed E-state index contributed by atoms with van der Waals surface area (Å²) in [5, 5.41) is 0.302. The second kappa shape index (κ2) is 2.32. The van der Waals surface area contributed by atoms with Gasteiger partial charge in [0.25, 0.3) is 0 Å². The van der Waals surface area contributed by atoms with Gasteiger partial charge < -0.3 is 4.74 Å². The van der Waals surface area contributed by atoms with Gasteiger partial charge in [-0.2, -0.15) is 0 Å². The van der Waals surface area contributed by atoms with E-state index in [0.29, 0.717) is 10.6 Å². The number of benzene rings is 1. The van der Waals surface area contributed by atoms with Gasteiger partial charge in [0.2, 0.25) is 0 Å². The highest BCUT2D eigenvalue weighted by atomic mass is 35.5. The van der Waals surface area contributed by atoms with Crippen LogP contribution in [0.15, 0.2) is 18.2 Å². The van der Waals surface area contributed by atoms with Crippen LogP contribution in [-0.2, 0) is 4.74 Å². The molecular formula is C8H3ClO3. The zero-order valence-corrected chi connectivity index (χ0v) is 6.59. The van der Waals surface area contributed by atoms with E-state index in [9.17, 15) is 9.59 Å². The highest BCUT2D eigenvalue weighted by Gasteiger charge is 2.24. The predicted molar refractivity (Wildman–Crippen MR) is 41.2 cm³/mol. The van der Waals surface area contributed by atoms with Crippen molar-refractivity contribution in [3.63, 3.8) is 0 Å². The number of rotatable bonds is 0. The first-order valence-electron chi connectivity index (χ1n) is 3.24. The van der Waals surface area contributed by atoms with E-state index >= 15 is 0 Å². The van der Waals surface area contributed by atoms with Crippen molar-refractivity contribution >= 4 is 23.5 Å². The zero-order valence-electron chi connectivity index (χ0n) is 5.83. The Labute approximate surface area is 72.9 Å². The number of hydrogen-bond donors (Lipinski definition) is 0. The lowest BCUT2D eigenvalue weighted by Gasteiger charge is -2.11. The van der Waals surface area contributed by atoms with Gasteiger partial charge in [-0.3, -0.25) is 0 Å². The molecule has 1 aromatic carbocycles. The smallest absolute Gasteiger partial charge is 0.347 e. The Morgan fingerprint density at radius 2 is 1.92 bits per heavy atom. The number of hydrogen-bond acceptors (Lipinski definition) is 3. The minimum absolute atomic E-state index is 0.244. The number of halogens is 1. The molecule has 1 aromatic rings. The Balaban J connectivity index is 2.70. The second-order valence-electron chi connectivity index (χ2n) is 2.37. The molecule has 0 N–H and O–H groups in total. The lowest BCUT2D eigenvalue weighted by Crippen LogP contribution is -2.18. The molecule has 4 heteroatoms. The minimum Gasteiger partial charge on any atom is -0.386 e. The molecule has 0 spiro atoms. The van der Waals surface area contributed by atoms with Crippen molar-refractivity contribution in [1.82, 2.24) is 0 Å². The van der Waals surface area contributed by atoms with Gasteiger partial charge in [-0.05, 0) is 18.2 Å². The van der Waals surface area contributed by atoms with Crippen LogP contribution in [0, 0.1) is 0 Å². The summed E-state index contributed by atoms with van der Waals surface area (Å²) in [5.41, 5.74) is 0.600. The fourth-order valence-electron chi connectivity index (χ4n) is 1.01. The van der Waals surface area contributed by atoms with Crippen LogP contribution in [0.4, 0.5) is 0 Å². The van der Waals surface area contributed by atoms with E-state index in [1.54, 1.807) is 0 Å². The quantitative estimate of drug-likeness (QED) is 0.453. The van der Waals surface area contributed by atoms with Crippen LogP contribution in [0.25, 0.3) is 0 Å². The summed E-state index contributed by atoms with van der Waals surface area (Å²) in [5.74, 6) is -1.30. The third kappa shape index (κ3) is 0.905. The molecule has 0 atom stereocenters. The van der Waals surface area contributed by atoms with Crippen LogP contribution in [0.5, 0.6) is 0 Å². The molecule has 0 radical (unpaired) electrons. The molecule has 0 fully saturated rings. The lowest BCUT2D eigenvalue weighted by atomic mass is 10.1. The first-order valence-corrected chi connectivity index (χ1v) is 3.62. The van der Waals surface area contributed by atoms with E-state index in [1.165, 1.54) is 18.2 Å². The Morgan fingerprint density at radius 1 is 1.17 bits per heavy atom. The third-order valence-electron chi connectivity index (χ3n) is 1.61. The number of ether oxygens (including phenoxy) is 1. The molecule has 3 nitrogen and oxygen atoms in total. The van der Waals surface area contributed by atoms with Gasteiger partial charge in [0.15, 0.2) is 0 Å². The molecule has 0 unspecified atom stereocenters. The summed E-state index contributed by atoms with van der Waals surface area (Å²) in [6, 6.07) is 4.45. The minimum atomic E-state index is -0.682. The van der Waals surface area contributed by atoms with Crippen LogP contribution in [0.1, 0.15) is 20.7 Å². The average Bonchev–Trinajstić information content (AvgIpc) is 2.03. The zero-order chi connectivity index (χ0) is 8.72. The van der Waals surface area contributed by atoms with Gasteiger partial charge >= 0.3 is 11.9 Å². The van der Waals surface area contributed by atoms with Crippen molar-refractivity contribution in [3.05, 3.63) is 34.3 Å². The maximum atomic E-state index is 11.0. The molecule has 2 rings (SSSR count). The Kier molecular flexibility index (Phi) is 1.41. The second-order valence-corrected chi connectivity index (χ2v) is 2.78. The van der Waals surface area contributed by atoms with Crippen molar-refractivity contribution in [3.8, 4) is 0 Å². The molecule has 60 valence electrons. The predicted octanol–water partition coefficient (Wildman–Crippen LogP) is 1.65. The van der Waals surface area contributed by atoms with Crippen LogP contribution < -0.4 is 0 Å². The van der Waals surface area contributed by atoms with Gasteiger partial charge in [-0.1, -0.05) is 11.6 Å². The molecule has 0 aromatic heterocycles. The fourth-order valence-corrected chi connectivity index (χ4v) is 1.20. The van der Waals surface area contributed by atoms with Gasteiger partial charge in [-0.15, -0.1) is 0 Å². The van der Waals surface area contributed by atoms with Crippen molar-refractivity contribution < 1.29 is 14.3 Å². The standard InChI is InChI=1S/C8H3ClO3/c9-6-2-1-4-3-5(6)8(11)12-7(4)10/h1-3H. The number of carbonyl (C=O) groups is 2. The Hall–Kier alpha value is -1.35. The first-order chi connectivity index (χ1) is 5.68. The fraction of sp³-hybridized carbons (Fsp3) is 0. The van der Waals surface area contributed by atoms with E-state index in [1.807, 2.05) is 0 Å². The summed E-state index contributed by atoms with van der Waals surface area (Å²) >= 11 is 5.66. The molecule has 2 bridgehead atoms. The van der Waals surface area contributed by atoms with Crippen molar-refractivity contribution in [2.75, 3.05) is 0 Å². The van der Waals surface area contributed by atoms with Gasteiger partial charge in [0.1, 0.15) is 0 Å². The van der Waals surface area contributed by atoms with Gasteiger partial charge in [0, 0.05) is 0 Å². The third-order valence-corrected chi connectivity index (χ3v) is 1.94.